The van der Waals surface area contributed by atoms with Crippen molar-refractivity contribution >= 4 is 44.5 Å². The third kappa shape index (κ3) is 5.54. The van der Waals surface area contributed by atoms with Crippen LogP contribution in [0.5, 0.6) is 5.75 Å². The summed E-state index contributed by atoms with van der Waals surface area (Å²) < 4.78 is 23.3. The second-order valence-electron chi connectivity index (χ2n) is 14.6. The SMILES string of the molecule is C=S1(=O)NC(=O)c2ccc3c(c2)N(C[C@@H]2CC[C@H]2[C@]2(CCC[C@H](C)[C@H]1C)CC(C)=NO2)C[C@@]1(CCCc2cc(Cl)ccc21)CO3. The number of amides is 1. The van der Waals surface area contributed by atoms with E-state index in [-0.39, 0.29) is 28.1 Å². The van der Waals surface area contributed by atoms with Crippen LogP contribution in [-0.4, -0.2) is 52.2 Å². The molecular formula is C36H46ClN3O4S. The van der Waals surface area contributed by atoms with Crippen molar-refractivity contribution in [2.45, 2.75) is 94.8 Å². The van der Waals surface area contributed by atoms with Gasteiger partial charge in [0.25, 0.3) is 5.91 Å². The fraction of sp³-hybridized carbons (Fsp3) is 0.583. The maximum Gasteiger partial charge on any atom is 0.262 e. The number of halogens is 1. The Bertz CT molecular complexity index is 1640. The van der Waals surface area contributed by atoms with Crippen molar-refractivity contribution in [1.29, 1.82) is 0 Å². The zero-order valence-electron chi connectivity index (χ0n) is 26.8. The number of hydrogen-bond acceptors (Lipinski definition) is 6. The van der Waals surface area contributed by atoms with Gasteiger partial charge in [-0.1, -0.05) is 29.7 Å². The molecule has 9 heteroatoms. The number of oxime groups is 1. The van der Waals surface area contributed by atoms with Gasteiger partial charge in [-0.25, -0.2) is 4.21 Å². The van der Waals surface area contributed by atoms with E-state index < -0.39 is 9.71 Å². The van der Waals surface area contributed by atoms with Gasteiger partial charge in [0.15, 0.2) is 0 Å². The average Bonchev–Trinajstić information content (AvgIpc) is 3.28. The summed E-state index contributed by atoms with van der Waals surface area (Å²) >= 11 is 6.46. The Balaban J connectivity index is 1.31. The van der Waals surface area contributed by atoms with Crippen molar-refractivity contribution in [1.82, 2.24) is 4.72 Å². The summed E-state index contributed by atoms with van der Waals surface area (Å²) in [6, 6.07) is 12.0. The number of nitrogens with zero attached hydrogens (tertiary/aromatic N) is 2. The van der Waals surface area contributed by atoms with Gasteiger partial charge in [0.05, 0.1) is 27.7 Å². The van der Waals surface area contributed by atoms with Gasteiger partial charge >= 0.3 is 0 Å². The van der Waals surface area contributed by atoms with Crippen LogP contribution in [-0.2, 0) is 26.4 Å². The third-order valence-electron chi connectivity index (χ3n) is 11.7. The zero-order chi connectivity index (χ0) is 31.6. The van der Waals surface area contributed by atoms with Gasteiger partial charge in [0.1, 0.15) is 11.4 Å². The molecule has 2 aliphatic carbocycles. The van der Waals surface area contributed by atoms with Gasteiger partial charge in [0.2, 0.25) is 0 Å². The first kappa shape index (κ1) is 30.9. The molecule has 7 atom stereocenters. The molecule has 7 rings (SSSR count). The molecular weight excluding hydrogens is 606 g/mol. The predicted octanol–water partition coefficient (Wildman–Crippen LogP) is 6.94. The molecule has 0 radical (unpaired) electrons. The summed E-state index contributed by atoms with van der Waals surface area (Å²) in [5, 5.41) is 4.99. The summed E-state index contributed by atoms with van der Waals surface area (Å²) in [6.07, 6.45) is 8.98. The summed E-state index contributed by atoms with van der Waals surface area (Å²) in [5.41, 5.74) is 4.58. The number of ether oxygens (including phenoxy) is 1. The average molecular weight is 652 g/mol. The first-order valence-corrected chi connectivity index (χ1v) is 18.9. The lowest BCUT2D eigenvalue weighted by molar-refractivity contribution is -0.118. The molecule has 242 valence electrons. The van der Waals surface area contributed by atoms with E-state index in [9.17, 15) is 9.00 Å². The highest BCUT2D eigenvalue weighted by molar-refractivity contribution is 7.99. The molecule has 0 aromatic heterocycles. The van der Waals surface area contributed by atoms with Crippen LogP contribution in [0, 0.1) is 17.8 Å². The van der Waals surface area contributed by atoms with Crippen molar-refractivity contribution in [2.75, 3.05) is 24.6 Å². The Morgan fingerprint density at radius 3 is 2.71 bits per heavy atom. The molecule has 5 aliphatic rings. The van der Waals surface area contributed by atoms with Gasteiger partial charge in [-0.2, -0.15) is 0 Å². The maximum atomic E-state index is 13.8. The number of carbonyl (C=O) groups is 1. The van der Waals surface area contributed by atoms with Crippen LogP contribution in [0.1, 0.15) is 93.6 Å². The van der Waals surface area contributed by atoms with Gasteiger partial charge in [0, 0.05) is 46.7 Å². The van der Waals surface area contributed by atoms with Crippen molar-refractivity contribution < 1.29 is 18.6 Å². The second kappa shape index (κ2) is 11.5. The number of carbonyl (C=O) groups excluding carboxylic acids is 1. The van der Waals surface area contributed by atoms with Crippen molar-refractivity contribution in [3.8, 4) is 5.75 Å². The van der Waals surface area contributed by atoms with E-state index >= 15 is 0 Å². The zero-order valence-corrected chi connectivity index (χ0v) is 28.4. The molecule has 1 saturated carbocycles. The normalized spacial score (nSPS) is 36.5. The quantitative estimate of drug-likeness (QED) is 0.312. The monoisotopic (exact) mass is 651 g/mol. The molecule has 2 aromatic rings. The predicted molar refractivity (Wildman–Crippen MR) is 183 cm³/mol. The number of hydrogen-bond donors (Lipinski definition) is 1. The van der Waals surface area contributed by atoms with E-state index in [1.165, 1.54) is 11.1 Å². The molecule has 3 aliphatic heterocycles. The number of nitrogens with one attached hydrogen (secondary N) is 1. The summed E-state index contributed by atoms with van der Waals surface area (Å²) in [4.78, 5) is 22.5. The molecule has 1 fully saturated rings. The van der Waals surface area contributed by atoms with Crippen LogP contribution in [0.3, 0.4) is 0 Å². The second-order valence-corrected chi connectivity index (χ2v) is 17.5. The minimum Gasteiger partial charge on any atom is -0.490 e. The van der Waals surface area contributed by atoms with Crippen molar-refractivity contribution in [2.24, 2.45) is 22.9 Å². The molecule has 1 amide bonds. The van der Waals surface area contributed by atoms with E-state index in [4.69, 9.17) is 21.2 Å². The summed E-state index contributed by atoms with van der Waals surface area (Å²) in [7, 11) is -2.89. The smallest absolute Gasteiger partial charge is 0.262 e. The number of rotatable bonds is 0. The topological polar surface area (TPSA) is 80.2 Å². The molecule has 7 nitrogen and oxygen atoms in total. The van der Waals surface area contributed by atoms with E-state index in [1.807, 2.05) is 25.1 Å². The summed E-state index contributed by atoms with van der Waals surface area (Å²) in [6.45, 7) is 8.33. The third-order valence-corrected chi connectivity index (χ3v) is 14.1. The van der Waals surface area contributed by atoms with Gasteiger partial charge in [-0.05, 0) is 124 Å². The Morgan fingerprint density at radius 1 is 1.11 bits per heavy atom. The lowest BCUT2D eigenvalue weighted by atomic mass is 9.61. The Morgan fingerprint density at radius 2 is 1.96 bits per heavy atom. The number of anilines is 1. The van der Waals surface area contributed by atoms with Crippen LogP contribution >= 0.6 is 11.6 Å². The Hall–Kier alpha value is -2.71. The van der Waals surface area contributed by atoms with Gasteiger partial charge in [-0.3, -0.25) is 9.52 Å². The lowest BCUT2D eigenvalue weighted by Gasteiger charge is -2.49. The van der Waals surface area contributed by atoms with Crippen LogP contribution < -0.4 is 14.4 Å². The molecule has 3 heterocycles. The molecule has 2 spiro atoms. The summed E-state index contributed by atoms with van der Waals surface area (Å²) in [5.74, 6) is 5.41. The lowest BCUT2D eigenvalue weighted by Crippen LogP contribution is -2.53. The fourth-order valence-corrected chi connectivity index (χ4v) is 10.5. The molecule has 45 heavy (non-hydrogen) atoms. The van der Waals surface area contributed by atoms with E-state index in [0.717, 1.165) is 93.0 Å². The number of aryl methyl sites for hydroxylation is 1. The highest BCUT2D eigenvalue weighted by Gasteiger charge is 2.53. The van der Waals surface area contributed by atoms with Crippen LogP contribution in [0.15, 0.2) is 41.6 Å². The number of fused-ring (bicyclic) bond motifs is 5. The van der Waals surface area contributed by atoms with Crippen molar-refractivity contribution in [3.05, 3.63) is 58.1 Å². The standard InChI is InChI=1S/C36H46ClN3O4S/c1-23-7-5-16-36(19-24(2)38-44-36)31-12-9-28(31)20-40-21-35(15-6-8-26-17-29(37)11-13-30(26)35)22-43-33-14-10-27(18-32(33)40)34(41)39-45(4,42)25(23)3/h10-11,13-14,17-18,23,25,28,31H,4-9,12,15-16,19-22H2,1-3H3,(H,39,41,42)/t23-,25+,28-,31+,35-,36-,45?/m0/s1. The van der Waals surface area contributed by atoms with Crippen LogP contribution in [0.2, 0.25) is 5.02 Å². The molecule has 1 N–H and O–H groups in total. The Kier molecular flexibility index (Phi) is 7.91. The van der Waals surface area contributed by atoms with Gasteiger partial charge in [-0.15, -0.1) is 0 Å². The van der Waals surface area contributed by atoms with E-state index in [2.05, 4.69) is 46.6 Å². The first-order chi connectivity index (χ1) is 21.5. The molecule has 2 bridgehead atoms. The van der Waals surface area contributed by atoms with E-state index in [0.29, 0.717) is 24.0 Å². The van der Waals surface area contributed by atoms with E-state index in [1.54, 1.807) is 6.07 Å². The van der Waals surface area contributed by atoms with Crippen molar-refractivity contribution in [3.63, 3.8) is 0 Å². The first-order valence-electron chi connectivity index (χ1n) is 16.7. The van der Waals surface area contributed by atoms with Gasteiger partial charge < -0.3 is 14.5 Å². The molecule has 2 aromatic carbocycles. The number of benzene rings is 2. The largest absolute Gasteiger partial charge is 0.490 e. The fourth-order valence-electron chi connectivity index (χ4n) is 8.85. The highest BCUT2D eigenvalue weighted by atomic mass is 35.5. The molecule has 0 saturated heterocycles. The van der Waals surface area contributed by atoms with Crippen LogP contribution in [0.25, 0.3) is 0 Å². The molecule has 1 unspecified atom stereocenters. The minimum absolute atomic E-state index is 0.126. The highest BCUT2D eigenvalue weighted by Crippen LogP contribution is 2.52. The maximum absolute atomic E-state index is 13.8. The van der Waals surface area contributed by atoms with Crippen LogP contribution in [0.4, 0.5) is 5.69 Å². The minimum atomic E-state index is -2.89. The Labute approximate surface area is 273 Å².